The van der Waals surface area contributed by atoms with Crippen molar-refractivity contribution in [2.75, 3.05) is 0 Å². The summed E-state index contributed by atoms with van der Waals surface area (Å²) >= 11 is 0. The molecule has 0 bridgehead atoms. The van der Waals surface area contributed by atoms with Gasteiger partial charge < -0.3 is 0 Å². The van der Waals surface area contributed by atoms with Gasteiger partial charge in [-0.25, -0.2) is 0 Å². The summed E-state index contributed by atoms with van der Waals surface area (Å²) in [6.45, 7) is -7.79. The lowest BCUT2D eigenvalue weighted by atomic mass is 9.90. The first kappa shape index (κ1) is 2.14. The van der Waals surface area contributed by atoms with Crippen LogP contribution < -0.4 is 0 Å². The van der Waals surface area contributed by atoms with Gasteiger partial charge in [0.15, 0.2) is 0 Å². The third-order valence-corrected chi connectivity index (χ3v) is 0.800. The smallest absolute Gasteiger partial charge is 0.171 e. The molecule has 0 unspecified atom stereocenters. The van der Waals surface area contributed by atoms with Crippen LogP contribution in [0, 0.1) is 5.41 Å². The Hall–Kier alpha value is -0.210. The van der Waals surface area contributed by atoms with Crippen LogP contribution in [-0.2, 0) is 0 Å². The Balaban J connectivity index is 6.37. The van der Waals surface area contributed by atoms with Gasteiger partial charge in [0.2, 0.25) is 0 Å². The Kier molecular flexibility index (Phi) is 0.522. The van der Waals surface area contributed by atoms with E-state index in [0.717, 1.165) is 0 Å². The molecule has 0 radical (unpaired) electrons. The molecule has 0 saturated heterocycles. The van der Waals surface area contributed by atoms with Crippen LogP contribution in [-0.4, -0.2) is 6.18 Å². The topological polar surface area (TPSA) is 0 Å². The Morgan fingerprint density at radius 2 is 1.89 bits per heavy atom. The molecule has 56 valence electrons. The number of hydrogen-bond acceptors (Lipinski definition) is 0. The Labute approximate surface area is 64.3 Å². The van der Waals surface area contributed by atoms with Gasteiger partial charge in [0.25, 0.3) is 0 Å². The van der Waals surface area contributed by atoms with Crippen molar-refractivity contribution in [3.8, 4) is 0 Å². The van der Waals surface area contributed by atoms with E-state index in [2.05, 4.69) is 0 Å². The van der Waals surface area contributed by atoms with Crippen LogP contribution in [0.25, 0.3) is 0 Å². The van der Waals surface area contributed by atoms with E-state index in [1.807, 2.05) is 0 Å². The molecule has 9 heavy (non-hydrogen) atoms. The highest BCUT2D eigenvalue weighted by atomic mass is 19.4. The summed E-state index contributed by atoms with van der Waals surface area (Å²) < 4.78 is 93.7. The van der Waals surface area contributed by atoms with Crippen LogP contribution in [0.15, 0.2) is 0 Å². The molecule has 0 aromatic carbocycles. The molecule has 0 aliphatic rings. The highest BCUT2D eigenvalue weighted by molar-refractivity contribution is 4.74. The maximum atomic E-state index is 12.9. The highest BCUT2D eigenvalue weighted by Crippen LogP contribution is 2.39. The fourth-order valence-corrected chi connectivity index (χ4v) is 0.142. The largest absolute Gasteiger partial charge is 0.393 e. The minimum Gasteiger partial charge on any atom is -0.171 e. The molecule has 0 atom stereocenters. The van der Waals surface area contributed by atoms with Crippen molar-refractivity contribution in [3.63, 3.8) is 0 Å². The van der Waals surface area contributed by atoms with E-state index in [-0.39, 0.29) is 0 Å². The molecule has 0 aliphatic heterocycles. The monoisotopic (exact) mass is 148 g/mol. The van der Waals surface area contributed by atoms with Crippen LogP contribution in [0.3, 0.4) is 0 Å². The number of hydrogen-bond donors (Lipinski definition) is 0. The molecule has 0 N–H and O–H groups in total. The van der Waals surface area contributed by atoms with Crippen LogP contribution in [0.2, 0.25) is 0 Å². The van der Waals surface area contributed by atoms with Gasteiger partial charge in [-0.1, -0.05) is 20.6 Å². The van der Waals surface area contributed by atoms with Crippen molar-refractivity contribution in [1.29, 1.82) is 0 Å². The van der Waals surface area contributed by atoms with Crippen LogP contribution >= 0.6 is 0 Å². The summed E-state index contributed by atoms with van der Waals surface area (Å²) in [5, 5.41) is 0. The van der Waals surface area contributed by atoms with E-state index < -0.39 is 31.7 Å². The first-order valence-electron chi connectivity index (χ1n) is 6.07. The Morgan fingerprint density at radius 3 is 1.89 bits per heavy atom. The molecule has 0 heterocycles. The molecule has 0 aliphatic carbocycles. The van der Waals surface area contributed by atoms with Gasteiger partial charge in [-0.15, -0.1) is 0 Å². The Bertz CT molecular complexity index is 218. The molecular weight excluding hydrogens is 129 g/mol. The summed E-state index contributed by atoms with van der Waals surface area (Å²) in [7, 11) is 0. The maximum absolute atomic E-state index is 12.9. The van der Waals surface area contributed by atoms with Gasteiger partial charge in [0.05, 0.1) is 5.41 Å². The van der Waals surface area contributed by atoms with Crippen molar-refractivity contribution in [2.45, 2.75) is 33.2 Å². The van der Waals surface area contributed by atoms with Gasteiger partial charge in [0.1, 0.15) is 0 Å². The molecule has 0 saturated carbocycles. The molecule has 0 spiro atoms. The first-order chi connectivity index (χ1) is 7.00. The SMILES string of the molecule is [2H]C([2H])([2H])C(C([2H])([2H])[2H])(C([2H])([2H])C)C(F)(F)F. The zero-order valence-corrected chi connectivity index (χ0v) is 4.63. The average molecular weight is 148 g/mol. The molecule has 0 aromatic rings. The van der Waals surface area contributed by atoms with E-state index in [4.69, 9.17) is 11.0 Å². The summed E-state index contributed by atoms with van der Waals surface area (Å²) in [5.74, 6) is 0. The zero-order chi connectivity index (χ0) is 14.5. The van der Waals surface area contributed by atoms with E-state index in [1.165, 1.54) is 0 Å². The number of rotatable bonds is 1. The second-order valence-electron chi connectivity index (χ2n) is 1.50. The van der Waals surface area contributed by atoms with Gasteiger partial charge in [-0.3, -0.25) is 0 Å². The predicted octanol–water partition coefficient (Wildman–Crippen LogP) is 2.98. The summed E-state index contributed by atoms with van der Waals surface area (Å²) in [5.41, 5.74) is -4.42. The minimum absolute atomic E-state index is 0.305. The van der Waals surface area contributed by atoms with E-state index in [1.54, 1.807) is 0 Å². The van der Waals surface area contributed by atoms with Gasteiger partial charge in [-0.05, 0) is 6.37 Å². The molecule has 0 nitrogen and oxygen atoms in total. The summed E-state index contributed by atoms with van der Waals surface area (Å²) in [6.07, 6.45) is -9.22. The zero-order valence-electron chi connectivity index (χ0n) is 12.6. The van der Waals surface area contributed by atoms with Gasteiger partial charge >= 0.3 is 6.18 Å². The van der Waals surface area contributed by atoms with Crippen molar-refractivity contribution < 1.29 is 24.1 Å². The molecule has 3 heteroatoms. The van der Waals surface area contributed by atoms with Crippen LogP contribution in [0.1, 0.15) is 38.0 Å². The van der Waals surface area contributed by atoms with Crippen molar-refractivity contribution in [1.82, 2.24) is 0 Å². The fraction of sp³-hybridized carbons (Fsp3) is 1.00. The lowest BCUT2D eigenvalue weighted by Crippen LogP contribution is -2.30. The normalized spacial score (nSPS) is 31.6. The standard InChI is InChI=1S/C6H11F3/c1-4-5(2,3)6(7,8)9/h4H2,1-3H3/i2D3,3D3,4D2. The summed E-state index contributed by atoms with van der Waals surface area (Å²) in [6, 6.07) is 0. The molecule has 0 amide bonds. The van der Waals surface area contributed by atoms with Crippen LogP contribution in [0.4, 0.5) is 13.2 Å². The maximum Gasteiger partial charge on any atom is 0.393 e. The lowest BCUT2D eigenvalue weighted by Gasteiger charge is -2.25. The molecule has 0 aromatic heterocycles. The van der Waals surface area contributed by atoms with Crippen molar-refractivity contribution in [2.24, 2.45) is 5.41 Å². The second kappa shape index (κ2) is 2.20. The van der Waals surface area contributed by atoms with Gasteiger partial charge in [0, 0.05) is 11.0 Å². The molecular formula is C6H11F3. The fourth-order valence-electron chi connectivity index (χ4n) is 0.142. The Morgan fingerprint density at radius 1 is 1.44 bits per heavy atom. The highest BCUT2D eigenvalue weighted by Gasteiger charge is 2.45. The predicted molar refractivity (Wildman–Crippen MR) is 30.1 cm³/mol. The van der Waals surface area contributed by atoms with E-state index >= 15 is 0 Å². The van der Waals surface area contributed by atoms with Crippen LogP contribution in [0.5, 0.6) is 0 Å². The number of alkyl halides is 3. The van der Waals surface area contributed by atoms with Gasteiger partial charge in [-0.2, -0.15) is 13.2 Å². The first-order valence-corrected chi connectivity index (χ1v) is 2.07. The van der Waals surface area contributed by atoms with E-state index in [9.17, 15) is 13.2 Å². The lowest BCUT2D eigenvalue weighted by molar-refractivity contribution is -0.212. The summed E-state index contributed by atoms with van der Waals surface area (Å²) in [4.78, 5) is 0. The van der Waals surface area contributed by atoms with E-state index in [0.29, 0.717) is 6.92 Å². The second-order valence-corrected chi connectivity index (χ2v) is 1.50. The molecule has 0 rings (SSSR count). The molecule has 0 fully saturated rings. The average Bonchev–Trinajstić information content (AvgIpc) is 1.67. The quantitative estimate of drug-likeness (QED) is 0.536. The third kappa shape index (κ3) is 1.88. The third-order valence-electron chi connectivity index (χ3n) is 0.800. The minimum atomic E-state index is -5.73. The van der Waals surface area contributed by atoms with Crippen molar-refractivity contribution in [3.05, 3.63) is 0 Å². The number of halogens is 3. The van der Waals surface area contributed by atoms with Crippen molar-refractivity contribution >= 4 is 0 Å².